The number of anilines is 2. The second-order valence-corrected chi connectivity index (χ2v) is 7.64. The molecule has 146 valence electrons. The number of benzene rings is 2. The zero-order chi connectivity index (χ0) is 19.8. The van der Waals surface area contributed by atoms with Crippen LogP contribution in [0.25, 0.3) is 11.0 Å². The predicted octanol–water partition coefficient (Wildman–Crippen LogP) is 3.73. The number of rotatable bonds is 4. The standard InChI is InChI=1S/C23H24N6/c1-29-13-12-17-18(14-29)22(26-23-19(17)21(24)27-28-23)25-20(15-8-4-2-5-9-15)16-10-6-3-7-11-16/h2-11,20H,12-14H2,1H3,(H4,24,25,26,27,28). The average molecular weight is 384 g/mol. The maximum atomic E-state index is 6.18. The average Bonchev–Trinajstić information content (AvgIpc) is 3.13. The second kappa shape index (κ2) is 7.22. The summed E-state index contributed by atoms with van der Waals surface area (Å²) in [5.41, 5.74) is 11.7. The van der Waals surface area contributed by atoms with Crippen molar-refractivity contribution < 1.29 is 0 Å². The minimum atomic E-state index is -0.00466. The minimum Gasteiger partial charge on any atom is -0.384 e. The van der Waals surface area contributed by atoms with Crippen LogP contribution in [0.1, 0.15) is 28.3 Å². The van der Waals surface area contributed by atoms with Crippen molar-refractivity contribution in [3.05, 3.63) is 82.9 Å². The molecule has 2 aromatic heterocycles. The Morgan fingerprint density at radius 2 is 1.66 bits per heavy atom. The van der Waals surface area contributed by atoms with Gasteiger partial charge >= 0.3 is 0 Å². The van der Waals surface area contributed by atoms with Crippen LogP contribution in [-0.2, 0) is 13.0 Å². The van der Waals surface area contributed by atoms with Gasteiger partial charge in [0.15, 0.2) is 5.65 Å². The molecule has 4 aromatic rings. The largest absolute Gasteiger partial charge is 0.384 e. The number of hydrogen-bond donors (Lipinski definition) is 3. The van der Waals surface area contributed by atoms with Crippen molar-refractivity contribution in [2.75, 3.05) is 24.6 Å². The van der Waals surface area contributed by atoms with E-state index in [2.05, 4.69) is 76.0 Å². The Labute approximate surface area is 169 Å². The highest BCUT2D eigenvalue weighted by molar-refractivity contribution is 5.92. The molecule has 4 N–H and O–H groups in total. The van der Waals surface area contributed by atoms with Gasteiger partial charge in [-0.2, -0.15) is 5.10 Å². The number of aromatic amines is 1. The van der Waals surface area contributed by atoms with Crippen molar-refractivity contribution >= 4 is 22.7 Å². The molecular weight excluding hydrogens is 360 g/mol. The Balaban J connectivity index is 1.65. The molecule has 6 nitrogen and oxygen atoms in total. The summed E-state index contributed by atoms with van der Waals surface area (Å²) in [5.74, 6) is 1.48. The fourth-order valence-corrected chi connectivity index (χ4v) is 4.20. The second-order valence-electron chi connectivity index (χ2n) is 7.64. The van der Waals surface area contributed by atoms with Crippen LogP contribution in [0.2, 0.25) is 0 Å². The number of H-pyrrole nitrogens is 1. The summed E-state index contributed by atoms with van der Waals surface area (Å²) in [4.78, 5) is 7.19. The van der Waals surface area contributed by atoms with E-state index in [1.807, 2.05) is 12.1 Å². The summed E-state index contributed by atoms with van der Waals surface area (Å²) in [7, 11) is 2.14. The number of nitrogen functional groups attached to an aromatic ring is 1. The number of nitrogens with zero attached hydrogens (tertiary/aromatic N) is 3. The van der Waals surface area contributed by atoms with Crippen LogP contribution in [-0.4, -0.2) is 33.7 Å². The third-order valence-electron chi connectivity index (χ3n) is 5.66. The highest BCUT2D eigenvalue weighted by atomic mass is 15.2. The van der Waals surface area contributed by atoms with E-state index in [1.54, 1.807) is 0 Å². The maximum absolute atomic E-state index is 6.18. The third-order valence-corrected chi connectivity index (χ3v) is 5.66. The quantitative estimate of drug-likeness (QED) is 0.499. The number of nitrogens with one attached hydrogen (secondary N) is 2. The molecule has 0 atom stereocenters. The first-order chi connectivity index (χ1) is 14.2. The van der Waals surface area contributed by atoms with Crippen LogP contribution in [0.5, 0.6) is 0 Å². The van der Waals surface area contributed by atoms with E-state index in [0.29, 0.717) is 11.5 Å². The number of hydrogen-bond acceptors (Lipinski definition) is 5. The first-order valence-electron chi connectivity index (χ1n) is 9.91. The van der Waals surface area contributed by atoms with Gasteiger partial charge < -0.3 is 16.0 Å². The summed E-state index contributed by atoms with van der Waals surface area (Å²) < 4.78 is 0. The number of likely N-dealkylation sites (N-methyl/N-ethyl adjacent to an activating group) is 1. The molecule has 1 aliphatic heterocycles. The fraction of sp³-hybridized carbons (Fsp3) is 0.217. The van der Waals surface area contributed by atoms with E-state index in [-0.39, 0.29) is 6.04 Å². The predicted molar refractivity (Wildman–Crippen MR) is 117 cm³/mol. The van der Waals surface area contributed by atoms with Crippen molar-refractivity contribution in [1.29, 1.82) is 0 Å². The summed E-state index contributed by atoms with van der Waals surface area (Å²) in [6, 6.07) is 20.9. The summed E-state index contributed by atoms with van der Waals surface area (Å²) in [6.45, 7) is 1.83. The van der Waals surface area contributed by atoms with Crippen molar-refractivity contribution in [2.45, 2.75) is 19.0 Å². The molecule has 0 aliphatic carbocycles. The molecule has 0 radical (unpaired) electrons. The van der Waals surface area contributed by atoms with Gasteiger partial charge in [-0.3, -0.25) is 5.10 Å². The fourth-order valence-electron chi connectivity index (χ4n) is 4.20. The lowest BCUT2D eigenvalue weighted by Gasteiger charge is -2.29. The molecule has 5 rings (SSSR count). The van der Waals surface area contributed by atoms with Gasteiger partial charge in [0.1, 0.15) is 11.6 Å². The number of nitrogens with two attached hydrogens (primary N) is 1. The van der Waals surface area contributed by atoms with Crippen molar-refractivity contribution in [2.24, 2.45) is 0 Å². The van der Waals surface area contributed by atoms with Crippen LogP contribution >= 0.6 is 0 Å². The lowest BCUT2D eigenvalue weighted by atomic mass is 9.95. The summed E-state index contributed by atoms with van der Waals surface area (Å²) >= 11 is 0. The van der Waals surface area contributed by atoms with Gasteiger partial charge in [0.25, 0.3) is 0 Å². The first kappa shape index (κ1) is 17.7. The monoisotopic (exact) mass is 384 g/mol. The topological polar surface area (TPSA) is 82.9 Å². The van der Waals surface area contributed by atoms with Crippen molar-refractivity contribution in [1.82, 2.24) is 20.1 Å². The van der Waals surface area contributed by atoms with Crippen molar-refractivity contribution in [3.63, 3.8) is 0 Å². The van der Waals surface area contributed by atoms with Gasteiger partial charge in [-0.05, 0) is 30.2 Å². The minimum absolute atomic E-state index is 0.00466. The molecule has 0 fully saturated rings. The van der Waals surface area contributed by atoms with Crippen molar-refractivity contribution in [3.8, 4) is 0 Å². The van der Waals surface area contributed by atoms with E-state index in [4.69, 9.17) is 10.7 Å². The van der Waals surface area contributed by atoms with E-state index in [9.17, 15) is 0 Å². The van der Waals surface area contributed by atoms with Crippen LogP contribution in [0.4, 0.5) is 11.6 Å². The molecule has 2 aromatic carbocycles. The smallest absolute Gasteiger partial charge is 0.185 e. The number of aromatic nitrogens is 3. The van der Waals surface area contributed by atoms with Gasteiger partial charge in [0.2, 0.25) is 0 Å². The normalized spacial score (nSPS) is 14.3. The summed E-state index contributed by atoms with van der Waals surface area (Å²) in [6.07, 6.45) is 0.935. The molecule has 6 heteroatoms. The molecular formula is C23H24N6. The lowest BCUT2D eigenvalue weighted by Crippen LogP contribution is -2.28. The molecule has 0 unspecified atom stereocenters. The van der Waals surface area contributed by atoms with E-state index >= 15 is 0 Å². The third kappa shape index (κ3) is 3.21. The highest BCUT2D eigenvalue weighted by Gasteiger charge is 2.25. The molecule has 0 amide bonds. The van der Waals surface area contributed by atoms with E-state index in [1.165, 1.54) is 22.3 Å². The molecule has 29 heavy (non-hydrogen) atoms. The first-order valence-corrected chi connectivity index (χ1v) is 9.91. The van der Waals surface area contributed by atoms with Crippen LogP contribution in [0.3, 0.4) is 0 Å². The van der Waals surface area contributed by atoms with E-state index in [0.717, 1.165) is 30.7 Å². The molecule has 0 saturated heterocycles. The lowest BCUT2D eigenvalue weighted by molar-refractivity contribution is 0.314. The Kier molecular flexibility index (Phi) is 4.41. The molecule has 0 spiro atoms. The molecule has 0 saturated carbocycles. The molecule has 3 heterocycles. The van der Waals surface area contributed by atoms with E-state index < -0.39 is 0 Å². The number of fused-ring (bicyclic) bond motifs is 3. The van der Waals surface area contributed by atoms with Gasteiger partial charge in [0, 0.05) is 18.7 Å². The maximum Gasteiger partial charge on any atom is 0.185 e. The Bertz CT molecular complexity index is 1100. The Morgan fingerprint density at radius 3 is 2.31 bits per heavy atom. The van der Waals surface area contributed by atoms with Gasteiger partial charge in [-0.15, -0.1) is 0 Å². The van der Waals surface area contributed by atoms with Gasteiger partial charge in [0.05, 0.1) is 11.4 Å². The van der Waals surface area contributed by atoms with Gasteiger partial charge in [-0.25, -0.2) is 4.98 Å². The molecule has 1 aliphatic rings. The van der Waals surface area contributed by atoms with Crippen LogP contribution in [0, 0.1) is 0 Å². The Hall–Kier alpha value is -3.38. The zero-order valence-electron chi connectivity index (χ0n) is 16.4. The van der Waals surface area contributed by atoms with Crippen LogP contribution < -0.4 is 11.1 Å². The zero-order valence-corrected chi connectivity index (χ0v) is 16.4. The van der Waals surface area contributed by atoms with Gasteiger partial charge in [-0.1, -0.05) is 60.7 Å². The highest BCUT2D eigenvalue weighted by Crippen LogP contribution is 2.35. The molecule has 0 bridgehead atoms. The number of pyridine rings is 1. The SMILES string of the molecule is CN1CCc2c(c(NC(c3ccccc3)c3ccccc3)nc3n[nH]c(N)c23)C1. The Morgan fingerprint density at radius 1 is 1.00 bits per heavy atom. The summed E-state index contributed by atoms with van der Waals surface area (Å²) in [5, 5.41) is 11.9. The van der Waals surface area contributed by atoms with Crippen LogP contribution in [0.15, 0.2) is 60.7 Å².